The Morgan fingerprint density at radius 2 is 2.00 bits per heavy atom. The number of carbonyl (C=O) groups is 1. The van der Waals surface area contributed by atoms with Gasteiger partial charge in [0.05, 0.1) is 17.6 Å². The highest BCUT2D eigenvalue weighted by Gasteiger charge is 2.21. The maximum atomic E-state index is 12.5. The van der Waals surface area contributed by atoms with E-state index in [-0.39, 0.29) is 0 Å². The van der Waals surface area contributed by atoms with E-state index in [4.69, 9.17) is 15.5 Å². The fourth-order valence-electron chi connectivity index (χ4n) is 3.18. The Hall–Kier alpha value is -3.08. The monoisotopic (exact) mass is 319 g/mol. The predicted molar refractivity (Wildman–Crippen MR) is 95.3 cm³/mol. The van der Waals surface area contributed by atoms with Gasteiger partial charge in [-0.05, 0) is 32.0 Å². The van der Waals surface area contributed by atoms with E-state index >= 15 is 0 Å². The second-order valence-corrected chi connectivity index (χ2v) is 5.79. The standard InChI is InChI=1S/C19H17N3O2/c1-3-24-19(23)16-12-9-8-11(2)10-13(12)18-21-14-6-4-5-7-15(14)22(18)17(16)20/h4-10H,3,20H2,1-2H3. The van der Waals surface area contributed by atoms with Crippen LogP contribution in [0.25, 0.3) is 27.5 Å². The molecule has 0 saturated heterocycles. The van der Waals surface area contributed by atoms with E-state index in [0.29, 0.717) is 18.0 Å². The fraction of sp³-hybridized carbons (Fsp3) is 0.158. The maximum Gasteiger partial charge on any atom is 0.342 e. The molecule has 4 rings (SSSR count). The average molecular weight is 319 g/mol. The summed E-state index contributed by atoms with van der Waals surface area (Å²) in [7, 11) is 0. The SMILES string of the molecule is CCOC(=O)c1c(N)n2c3ccccc3nc2c2cc(C)ccc12. The van der Waals surface area contributed by atoms with Gasteiger partial charge < -0.3 is 10.5 Å². The van der Waals surface area contributed by atoms with Gasteiger partial charge in [0.15, 0.2) is 0 Å². The average Bonchev–Trinajstić information content (AvgIpc) is 2.96. The fourth-order valence-corrected chi connectivity index (χ4v) is 3.18. The number of benzene rings is 2. The van der Waals surface area contributed by atoms with Crippen molar-refractivity contribution < 1.29 is 9.53 Å². The van der Waals surface area contributed by atoms with Crippen LogP contribution < -0.4 is 5.73 Å². The molecule has 0 radical (unpaired) electrons. The number of rotatable bonds is 2. The number of para-hydroxylation sites is 2. The Morgan fingerprint density at radius 1 is 1.21 bits per heavy atom. The van der Waals surface area contributed by atoms with Crippen LogP contribution in [0.4, 0.5) is 5.82 Å². The number of anilines is 1. The first-order valence-electron chi connectivity index (χ1n) is 7.88. The van der Waals surface area contributed by atoms with Crippen molar-refractivity contribution in [2.24, 2.45) is 0 Å². The molecule has 120 valence electrons. The Labute approximate surface area is 138 Å². The lowest BCUT2D eigenvalue weighted by molar-refractivity contribution is 0.0529. The zero-order valence-electron chi connectivity index (χ0n) is 13.5. The molecule has 24 heavy (non-hydrogen) atoms. The summed E-state index contributed by atoms with van der Waals surface area (Å²) in [6.07, 6.45) is 0. The van der Waals surface area contributed by atoms with E-state index < -0.39 is 5.97 Å². The van der Waals surface area contributed by atoms with Crippen LogP contribution in [-0.4, -0.2) is 22.0 Å². The lowest BCUT2D eigenvalue weighted by atomic mass is 10.0. The molecule has 0 aliphatic rings. The molecular weight excluding hydrogens is 302 g/mol. The molecule has 2 N–H and O–H groups in total. The Bertz CT molecular complexity index is 1110. The van der Waals surface area contributed by atoms with Crippen LogP contribution in [-0.2, 0) is 4.74 Å². The second kappa shape index (κ2) is 5.23. The molecule has 0 amide bonds. The van der Waals surface area contributed by atoms with Gasteiger partial charge in [0.25, 0.3) is 0 Å². The molecule has 5 nitrogen and oxygen atoms in total. The van der Waals surface area contributed by atoms with Crippen molar-refractivity contribution in [1.29, 1.82) is 0 Å². The minimum Gasteiger partial charge on any atom is -0.462 e. The molecule has 0 unspecified atom stereocenters. The van der Waals surface area contributed by atoms with Gasteiger partial charge >= 0.3 is 5.97 Å². The molecule has 0 spiro atoms. The molecule has 2 aromatic carbocycles. The number of fused-ring (bicyclic) bond motifs is 5. The molecular formula is C19H17N3O2. The number of nitrogen functional groups attached to an aromatic ring is 1. The summed E-state index contributed by atoms with van der Waals surface area (Å²) < 4.78 is 7.07. The van der Waals surface area contributed by atoms with Crippen molar-refractivity contribution >= 4 is 39.2 Å². The molecule has 5 heteroatoms. The quantitative estimate of drug-likeness (QED) is 0.572. The number of hydrogen-bond acceptors (Lipinski definition) is 4. The lowest BCUT2D eigenvalue weighted by Gasteiger charge is -2.13. The number of imidazole rings is 1. The maximum absolute atomic E-state index is 12.5. The topological polar surface area (TPSA) is 69.6 Å². The summed E-state index contributed by atoms with van der Waals surface area (Å²) in [4.78, 5) is 17.3. The third-order valence-corrected chi connectivity index (χ3v) is 4.22. The zero-order valence-corrected chi connectivity index (χ0v) is 13.5. The highest BCUT2D eigenvalue weighted by molar-refractivity contribution is 6.13. The summed E-state index contributed by atoms with van der Waals surface area (Å²) >= 11 is 0. The third-order valence-electron chi connectivity index (χ3n) is 4.22. The van der Waals surface area contributed by atoms with Gasteiger partial charge in [-0.15, -0.1) is 0 Å². The van der Waals surface area contributed by atoms with E-state index in [9.17, 15) is 4.79 Å². The van der Waals surface area contributed by atoms with E-state index in [2.05, 4.69) is 0 Å². The van der Waals surface area contributed by atoms with Crippen molar-refractivity contribution in [2.45, 2.75) is 13.8 Å². The van der Waals surface area contributed by atoms with E-state index in [1.165, 1.54) is 0 Å². The number of hydrogen-bond donors (Lipinski definition) is 1. The van der Waals surface area contributed by atoms with Crippen LogP contribution in [0.2, 0.25) is 0 Å². The van der Waals surface area contributed by atoms with Gasteiger partial charge in [0.1, 0.15) is 17.0 Å². The summed E-state index contributed by atoms with van der Waals surface area (Å²) in [6, 6.07) is 13.6. The van der Waals surface area contributed by atoms with Gasteiger partial charge in [0.2, 0.25) is 0 Å². The Morgan fingerprint density at radius 3 is 2.79 bits per heavy atom. The minimum absolute atomic E-state index is 0.300. The first-order valence-corrected chi connectivity index (χ1v) is 7.88. The Kier molecular flexibility index (Phi) is 3.16. The summed E-state index contributed by atoms with van der Waals surface area (Å²) in [5.41, 5.74) is 10.3. The van der Waals surface area contributed by atoms with Crippen molar-refractivity contribution in [3.8, 4) is 0 Å². The normalized spacial score (nSPS) is 11.4. The first kappa shape index (κ1) is 14.5. The summed E-state index contributed by atoms with van der Waals surface area (Å²) in [5, 5.41) is 1.66. The lowest BCUT2D eigenvalue weighted by Crippen LogP contribution is -2.12. The third kappa shape index (κ3) is 1.94. The molecule has 0 bridgehead atoms. The van der Waals surface area contributed by atoms with Crippen molar-refractivity contribution in [3.63, 3.8) is 0 Å². The molecule has 0 aliphatic heterocycles. The van der Waals surface area contributed by atoms with Crippen LogP contribution in [0, 0.1) is 6.92 Å². The molecule has 0 aliphatic carbocycles. The molecule has 0 saturated carbocycles. The molecule has 2 heterocycles. The highest BCUT2D eigenvalue weighted by Crippen LogP contribution is 2.32. The Balaban J connectivity index is 2.26. The number of nitrogens with two attached hydrogens (primary N) is 1. The molecule has 0 atom stereocenters. The summed E-state index contributed by atoms with van der Waals surface area (Å²) in [5.74, 6) is -0.0583. The number of nitrogens with zero attached hydrogens (tertiary/aromatic N) is 2. The summed E-state index contributed by atoms with van der Waals surface area (Å²) in [6.45, 7) is 4.10. The predicted octanol–water partition coefficient (Wildman–Crippen LogP) is 3.71. The van der Waals surface area contributed by atoms with Gasteiger partial charge in [0, 0.05) is 10.8 Å². The van der Waals surface area contributed by atoms with Crippen molar-refractivity contribution in [1.82, 2.24) is 9.38 Å². The first-order chi connectivity index (χ1) is 11.6. The van der Waals surface area contributed by atoms with Gasteiger partial charge in [-0.2, -0.15) is 0 Å². The van der Waals surface area contributed by atoms with Crippen LogP contribution in [0.5, 0.6) is 0 Å². The highest BCUT2D eigenvalue weighted by atomic mass is 16.5. The second-order valence-electron chi connectivity index (χ2n) is 5.79. The van der Waals surface area contributed by atoms with Crippen molar-refractivity contribution in [2.75, 3.05) is 12.3 Å². The van der Waals surface area contributed by atoms with Crippen LogP contribution in [0.15, 0.2) is 42.5 Å². The number of ether oxygens (including phenoxy) is 1. The number of pyridine rings is 1. The molecule has 0 fully saturated rings. The van der Waals surface area contributed by atoms with Crippen LogP contribution in [0.3, 0.4) is 0 Å². The van der Waals surface area contributed by atoms with E-state index in [1.807, 2.05) is 53.8 Å². The van der Waals surface area contributed by atoms with Gasteiger partial charge in [-0.3, -0.25) is 4.40 Å². The number of esters is 1. The smallest absolute Gasteiger partial charge is 0.342 e. The van der Waals surface area contributed by atoms with Crippen LogP contribution in [0.1, 0.15) is 22.8 Å². The van der Waals surface area contributed by atoms with Gasteiger partial charge in [-0.25, -0.2) is 9.78 Å². The van der Waals surface area contributed by atoms with Crippen LogP contribution >= 0.6 is 0 Å². The van der Waals surface area contributed by atoms with Gasteiger partial charge in [-0.1, -0.05) is 29.8 Å². The number of carbonyl (C=O) groups excluding carboxylic acids is 1. The van der Waals surface area contributed by atoms with E-state index in [0.717, 1.165) is 33.0 Å². The van der Waals surface area contributed by atoms with Crippen molar-refractivity contribution in [3.05, 3.63) is 53.6 Å². The minimum atomic E-state index is -0.413. The zero-order chi connectivity index (χ0) is 16.8. The molecule has 2 aromatic heterocycles. The number of aromatic nitrogens is 2. The number of aryl methyl sites for hydroxylation is 1. The molecule has 4 aromatic rings. The van der Waals surface area contributed by atoms with E-state index in [1.54, 1.807) is 6.92 Å². The largest absolute Gasteiger partial charge is 0.462 e.